The van der Waals surface area contributed by atoms with E-state index in [1.165, 1.54) is 7.11 Å². The molecule has 3 rings (SSSR count). The molecule has 1 N–H and O–H groups in total. The molecular formula is C23H29N3O5. The first-order chi connectivity index (χ1) is 14.7. The summed E-state index contributed by atoms with van der Waals surface area (Å²) in [6.45, 7) is 6.71. The molecule has 1 saturated heterocycles. The molecule has 0 saturated carbocycles. The Hall–Kier alpha value is -3.29. The summed E-state index contributed by atoms with van der Waals surface area (Å²) >= 11 is 0. The van der Waals surface area contributed by atoms with Gasteiger partial charge >= 0.3 is 12.1 Å². The predicted octanol–water partition coefficient (Wildman–Crippen LogP) is 4.10. The minimum atomic E-state index is -0.519. The second-order valence-corrected chi connectivity index (χ2v) is 8.52. The van der Waals surface area contributed by atoms with Crippen molar-refractivity contribution in [3.05, 3.63) is 53.9 Å². The maximum Gasteiger partial charge on any atom is 0.410 e. The second-order valence-electron chi connectivity index (χ2n) is 8.52. The lowest BCUT2D eigenvalue weighted by molar-refractivity contribution is 0.0187. The Balaban J connectivity index is 1.61. The number of ether oxygens (including phenoxy) is 2. The molecule has 2 amide bonds. The van der Waals surface area contributed by atoms with Gasteiger partial charge in [-0.1, -0.05) is 0 Å². The summed E-state index contributed by atoms with van der Waals surface area (Å²) in [4.78, 5) is 38.4. The summed E-state index contributed by atoms with van der Waals surface area (Å²) in [6, 6.07) is 10.3. The number of amides is 2. The molecule has 0 unspecified atom stereocenters. The third kappa shape index (κ3) is 5.65. The van der Waals surface area contributed by atoms with Gasteiger partial charge in [0.05, 0.1) is 12.7 Å². The lowest BCUT2D eigenvalue weighted by Crippen LogP contribution is -2.42. The van der Waals surface area contributed by atoms with Gasteiger partial charge in [-0.2, -0.15) is 0 Å². The molecule has 1 aliphatic heterocycles. The number of likely N-dealkylation sites (tertiary alicyclic amines) is 1. The van der Waals surface area contributed by atoms with E-state index in [1.54, 1.807) is 35.2 Å². The normalized spacial score (nSPS) is 14.8. The van der Waals surface area contributed by atoms with E-state index >= 15 is 0 Å². The zero-order valence-corrected chi connectivity index (χ0v) is 18.4. The average molecular weight is 428 g/mol. The molecule has 0 spiro atoms. The molecule has 0 atom stereocenters. The zero-order valence-electron chi connectivity index (χ0n) is 18.4. The molecule has 8 heteroatoms. The first-order valence-electron chi connectivity index (χ1n) is 10.3. The van der Waals surface area contributed by atoms with Crippen molar-refractivity contribution < 1.29 is 23.9 Å². The summed E-state index contributed by atoms with van der Waals surface area (Å²) in [5.41, 5.74) is 1.04. The number of nitrogens with one attached hydrogen (secondary N) is 1. The van der Waals surface area contributed by atoms with Crippen LogP contribution in [0, 0.1) is 0 Å². The van der Waals surface area contributed by atoms with Crippen LogP contribution in [0.5, 0.6) is 0 Å². The summed E-state index contributed by atoms with van der Waals surface area (Å²) in [5.74, 6) is -0.658. The highest BCUT2D eigenvalue weighted by Crippen LogP contribution is 2.26. The monoisotopic (exact) mass is 427 g/mol. The van der Waals surface area contributed by atoms with E-state index in [2.05, 4.69) is 10.1 Å². The van der Waals surface area contributed by atoms with E-state index in [0.717, 1.165) is 12.8 Å². The topological polar surface area (TPSA) is 89.9 Å². The quantitative estimate of drug-likeness (QED) is 0.742. The van der Waals surface area contributed by atoms with Crippen molar-refractivity contribution in [2.75, 3.05) is 25.5 Å². The summed E-state index contributed by atoms with van der Waals surface area (Å²) in [7, 11) is 1.32. The van der Waals surface area contributed by atoms with Gasteiger partial charge in [0.25, 0.3) is 5.91 Å². The molecule has 0 aliphatic carbocycles. The van der Waals surface area contributed by atoms with Gasteiger partial charge in [-0.3, -0.25) is 4.79 Å². The van der Waals surface area contributed by atoms with Crippen molar-refractivity contribution in [3.8, 4) is 0 Å². The van der Waals surface area contributed by atoms with E-state index in [-0.39, 0.29) is 18.0 Å². The number of hydrogen-bond acceptors (Lipinski definition) is 5. The molecule has 2 aromatic rings. The molecule has 166 valence electrons. The number of carbonyl (C=O) groups is 3. The van der Waals surface area contributed by atoms with Gasteiger partial charge in [-0.25, -0.2) is 9.59 Å². The van der Waals surface area contributed by atoms with Crippen molar-refractivity contribution in [2.45, 2.75) is 45.3 Å². The Morgan fingerprint density at radius 1 is 1.03 bits per heavy atom. The van der Waals surface area contributed by atoms with E-state index in [4.69, 9.17) is 4.74 Å². The number of methoxy groups -OCH3 is 1. The maximum atomic E-state index is 12.8. The van der Waals surface area contributed by atoms with Crippen LogP contribution in [0.3, 0.4) is 0 Å². The van der Waals surface area contributed by atoms with Crippen LogP contribution in [-0.2, 0) is 9.47 Å². The average Bonchev–Trinajstić information content (AvgIpc) is 3.22. The number of piperidine rings is 1. The lowest BCUT2D eigenvalue weighted by atomic mass is 10.0. The van der Waals surface area contributed by atoms with E-state index in [1.807, 2.05) is 37.6 Å². The number of anilines is 1. The molecular weight excluding hydrogens is 398 g/mol. The van der Waals surface area contributed by atoms with Crippen LogP contribution in [0.4, 0.5) is 10.5 Å². The number of benzene rings is 1. The lowest BCUT2D eigenvalue weighted by Gasteiger charge is -2.34. The Labute approximate surface area is 182 Å². The second kappa shape index (κ2) is 9.24. The molecule has 31 heavy (non-hydrogen) atoms. The number of carbonyl (C=O) groups excluding carboxylic acids is 3. The minimum Gasteiger partial charge on any atom is -0.465 e. The summed E-state index contributed by atoms with van der Waals surface area (Å²) < 4.78 is 12.1. The highest BCUT2D eigenvalue weighted by molar-refractivity contribution is 6.03. The van der Waals surface area contributed by atoms with Crippen molar-refractivity contribution in [1.82, 2.24) is 9.47 Å². The van der Waals surface area contributed by atoms with Crippen LogP contribution in [0.1, 0.15) is 60.5 Å². The summed E-state index contributed by atoms with van der Waals surface area (Å²) in [6.07, 6.45) is 3.07. The van der Waals surface area contributed by atoms with Gasteiger partial charge in [0.15, 0.2) is 0 Å². The fourth-order valence-corrected chi connectivity index (χ4v) is 3.56. The SMILES string of the molecule is COC(=O)c1ccc(NC(=O)c2cccn2C2CCN(C(=O)OC(C)(C)C)CC2)cc1. The molecule has 0 radical (unpaired) electrons. The van der Waals surface area contributed by atoms with Crippen molar-refractivity contribution in [2.24, 2.45) is 0 Å². The summed E-state index contributed by atoms with van der Waals surface area (Å²) in [5, 5.41) is 2.86. The fourth-order valence-electron chi connectivity index (χ4n) is 3.56. The highest BCUT2D eigenvalue weighted by Gasteiger charge is 2.28. The smallest absolute Gasteiger partial charge is 0.410 e. The van der Waals surface area contributed by atoms with Gasteiger partial charge in [0.1, 0.15) is 11.3 Å². The molecule has 2 heterocycles. The number of hydrogen-bond donors (Lipinski definition) is 1. The first-order valence-corrected chi connectivity index (χ1v) is 10.3. The van der Waals surface area contributed by atoms with Crippen molar-refractivity contribution in [3.63, 3.8) is 0 Å². The van der Waals surface area contributed by atoms with Crippen LogP contribution in [-0.4, -0.2) is 53.2 Å². The van der Waals surface area contributed by atoms with Crippen molar-refractivity contribution >= 4 is 23.7 Å². The highest BCUT2D eigenvalue weighted by atomic mass is 16.6. The molecule has 0 bridgehead atoms. The first kappa shape index (κ1) is 22.4. The van der Waals surface area contributed by atoms with Gasteiger partial charge in [0, 0.05) is 31.0 Å². The van der Waals surface area contributed by atoms with E-state index in [9.17, 15) is 14.4 Å². The maximum absolute atomic E-state index is 12.8. The number of nitrogens with zero attached hydrogens (tertiary/aromatic N) is 2. The standard InChI is InChI=1S/C23H29N3O5/c1-23(2,3)31-22(29)25-14-11-18(12-15-25)26-13-5-6-19(26)20(27)24-17-9-7-16(8-10-17)21(28)30-4/h5-10,13,18H,11-12,14-15H2,1-4H3,(H,24,27). The molecule has 1 aromatic heterocycles. The van der Waals surface area contributed by atoms with Crippen LogP contribution in [0.2, 0.25) is 0 Å². The van der Waals surface area contributed by atoms with Gasteiger partial charge in [-0.05, 0) is 70.0 Å². The van der Waals surface area contributed by atoms with Crippen LogP contribution < -0.4 is 5.32 Å². The number of rotatable bonds is 4. The molecule has 1 aliphatic rings. The third-order valence-corrected chi connectivity index (χ3v) is 5.09. The van der Waals surface area contributed by atoms with Gasteiger partial charge < -0.3 is 24.3 Å². The Morgan fingerprint density at radius 2 is 1.68 bits per heavy atom. The van der Waals surface area contributed by atoms with Crippen LogP contribution in [0.25, 0.3) is 0 Å². The fraction of sp³-hybridized carbons (Fsp3) is 0.435. The molecule has 8 nitrogen and oxygen atoms in total. The minimum absolute atomic E-state index is 0.121. The van der Waals surface area contributed by atoms with Crippen LogP contribution >= 0.6 is 0 Å². The van der Waals surface area contributed by atoms with Gasteiger partial charge in [-0.15, -0.1) is 0 Å². The van der Waals surface area contributed by atoms with E-state index in [0.29, 0.717) is 30.0 Å². The van der Waals surface area contributed by atoms with Crippen LogP contribution in [0.15, 0.2) is 42.6 Å². The third-order valence-electron chi connectivity index (χ3n) is 5.09. The largest absolute Gasteiger partial charge is 0.465 e. The Morgan fingerprint density at radius 3 is 2.26 bits per heavy atom. The van der Waals surface area contributed by atoms with Gasteiger partial charge in [0.2, 0.25) is 0 Å². The zero-order chi connectivity index (χ0) is 22.6. The number of aromatic nitrogens is 1. The number of esters is 1. The van der Waals surface area contributed by atoms with Crippen molar-refractivity contribution in [1.29, 1.82) is 0 Å². The molecule has 1 fully saturated rings. The molecule has 1 aromatic carbocycles. The van der Waals surface area contributed by atoms with E-state index < -0.39 is 11.6 Å². The Bertz CT molecular complexity index is 935. The Kier molecular flexibility index (Phi) is 6.68. The predicted molar refractivity (Wildman–Crippen MR) is 116 cm³/mol.